The Bertz CT molecular complexity index is 1120. The largest absolute Gasteiger partial charge is 0.459 e. The number of carbonyl (C=O) groups excluding carboxylic acids is 3. The van der Waals surface area contributed by atoms with Gasteiger partial charge in [0.15, 0.2) is 0 Å². The smallest absolute Gasteiger partial charge is 0.325 e. The molecule has 0 aliphatic carbocycles. The zero-order chi connectivity index (χ0) is 23.4. The van der Waals surface area contributed by atoms with Crippen LogP contribution in [0.4, 0.5) is 4.79 Å². The van der Waals surface area contributed by atoms with Crippen LogP contribution in [0.3, 0.4) is 0 Å². The van der Waals surface area contributed by atoms with Crippen LogP contribution in [0.5, 0.6) is 0 Å². The monoisotopic (exact) mass is 447 g/mol. The molecule has 172 valence electrons. The number of furan rings is 1. The molecule has 2 heterocycles. The molecule has 2 aromatic carbocycles. The number of hydrogen-bond donors (Lipinski definition) is 2. The average Bonchev–Trinajstić information content (AvgIpc) is 3.33. The van der Waals surface area contributed by atoms with Crippen LogP contribution in [0.15, 0.2) is 65.1 Å². The topological polar surface area (TPSA) is 91.7 Å². The fourth-order valence-electron chi connectivity index (χ4n) is 4.60. The molecule has 0 radical (unpaired) electrons. The standard InChI is InChI=1S/C26H29N3O4/c1-3-14-26(15-4-2)24(31)29(25(32)28-26)17-22(30)27-23(18-10-6-5-7-11-18)21-16-19-12-8-9-13-20(19)33-21/h5-13,16,23H,3-4,14-15,17H2,1-2H3,(H,27,30)(H,28,32). The lowest BCUT2D eigenvalue weighted by Crippen LogP contribution is -2.47. The molecular formula is C26H29N3O4. The van der Waals surface area contributed by atoms with E-state index in [-0.39, 0.29) is 12.5 Å². The first-order chi connectivity index (χ1) is 16.0. The van der Waals surface area contributed by atoms with Crippen molar-refractivity contribution in [1.29, 1.82) is 0 Å². The van der Waals surface area contributed by atoms with E-state index in [9.17, 15) is 14.4 Å². The molecule has 2 N–H and O–H groups in total. The van der Waals surface area contributed by atoms with Gasteiger partial charge < -0.3 is 15.1 Å². The van der Waals surface area contributed by atoms with Crippen LogP contribution < -0.4 is 10.6 Å². The van der Waals surface area contributed by atoms with Crippen molar-refractivity contribution in [2.45, 2.75) is 51.1 Å². The van der Waals surface area contributed by atoms with Gasteiger partial charge in [0.05, 0.1) is 0 Å². The van der Waals surface area contributed by atoms with Gasteiger partial charge in [-0.1, -0.05) is 75.2 Å². The molecule has 3 aromatic rings. The summed E-state index contributed by atoms with van der Waals surface area (Å²) in [5.74, 6) is -0.179. The third-order valence-electron chi connectivity index (χ3n) is 6.07. The van der Waals surface area contributed by atoms with Crippen molar-refractivity contribution in [3.63, 3.8) is 0 Å². The Hall–Kier alpha value is -3.61. The first-order valence-corrected chi connectivity index (χ1v) is 11.4. The summed E-state index contributed by atoms with van der Waals surface area (Å²) in [6.45, 7) is 3.61. The van der Waals surface area contributed by atoms with Crippen molar-refractivity contribution < 1.29 is 18.8 Å². The molecular weight excluding hydrogens is 418 g/mol. The van der Waals surface area contributed by atoms with E-state index in [2.05, 4.69) is 10.6 Å². The van der Waals surface area contributed by atoms with Gasteiger partial charge in [0.1, 0.15) is 29.5 Å². The van der Waals surface area contributed by atoms with Crippen molar-refractivity contribution in [3.8, 4) is 0 Å². The predicted molar refractivity (Wildman–Crippen MR) is 125 cm³/mol. The van der Waals surface area contributed by atoms with E-state index >= 15 is 0 Å². The van der Waals surface area contributed by atoms with Gasteiger partial charge in [-0.15, -0.1) is 0 Å². The molecule has 1 unspecified atom stereocenters. The highest BCUT2D eigenvalue weighted by molar-refractivity contribution is 6.09. The first kappa shape index (κ1) is 22.6. The molecule has 1 fully saturated rings. The van der Waals surface area contributed by atoms with Gasteiger partial charge in [-0.3, -0.25) is 14.5 Å². The van der Waals surface area contributed by atoms with Crippen molar-refractivity contribution >= 4 is 28.8 Å². The maximum absolute atomic E-state index is 13.1. The summed E-state index contributed by atoms with van der Waals surface area (Å²) in [4.78, 5) is 39.9. The number of imide groups is 1. The van der Waals surface area contributed by atoms with Gasteiger partial charge in [-0.05, 0) is 30.5 Å². The molecule has 33 heavy (non-hydrogen) atoms. The SMILES string of the molecule is CCCC1(CCC)NC(=O)N(CC(=O)NC(c2ccccc2)c2cc3ccccc3o2)C1=O. The van der Waals surface area contributed by atoms with Gasteiger partial charge in [-0.2, -0.15) is 0 Å². The van der Waals surface area contributed by atoms with Gasteiger partial charge in [0.25, 0.3) is 5.91 Å². The molecule has 7 nitrogen and oxygen atoms in total. The molecule has 1 saturated heterocycles. The summed E-state index contributed by atoms with van der Waals surface area (Å²) in [6.07, 6.45) is 2.62. The van der Waals surface area contributed by atoms with Crippen molar-refractivity contribution in [2.24, 2.45) is 0 Å². The van der Waals surface area contributed by atoms with Crippen molar-refractivity contribution in [2.75, 3.05) is 6.54 Å². The Morgan fingerprint density at radius 1 is 1.03 bits per heavy atom. The number of nitrogens with zero attached hydrogens (tertiary/aromatic N) is 1. The Kier molecular flexibility index (Phi) is 6.49. The molecule has 1 aliphatic heterocycles. The second-order valence-corrected chi connectivity index (χ2v) is 8.50. The molecule has 1 atom stereocenters. The zero-order valence-electron chi connectivity index (χ0n) is 19.0. The average molecular weight is 448 g/mol. The molecule has 1 aliphatic rings. The summed E-state index contributed by atoms with van der Waals surface area (Å²) in [5, 5.41) is 6.74. The van der Waals surface area contributed by atoms with E-state index in [4.69, 9.17) is 4.42 Å². The third-order valence-corrected chi connectivity index (χ3v) is 6.07. The number of benzene rings is 2. The lowest BCUT2D eigenvalue weighted by molar-refractivity contribution is -0.135. The fourth-order valence-corrected chi connectivity index (χ4v) is 4.60. The minimum atomic E-state index is -0.918. The highest BCUT2D eigenvalue weighted by Crippen LogP contribution is 2.30. The second kappa shape index (κ2) is 9.48. The highest BCUT2D eigenvalue weighted by atomic mass is 16.3. The van der Waals surface area contributed by atoms with Crippen LogP contribution in [0.2, 0.25) is 0 Å². The van der Waals surface area contributed by atoms with Crippen LogP contribution in [0.25, 0.3) is 11.0 Å². The maximum Gasteiger partial charge on any atom is 0.325 e. The van der Waals surface area contributed by atoms with Crippen LogP contribution in [-0.4, -0.2) is 34.8 Å². The number of urea groups is 1. The summed E-state index contributed by atoms with van der Waals surface area (Å²) >= 11 is 0. The zero-order valence-corrected chi connectivity index (χ0v) is 19.0. The van der Waals surface area contributed by atoms with Crippen LogP contribution in [-0.2, 0) is 9.59 Å². The maximum atomic E-state index is 13.1. The third kappa shape index (κ3) is 4.49. The summed E-state index contributed by atoms with van der Waals surface area (Å²) < 4.78 is 6.02. The molecule has 0 saturated carbocycles. The highest BCUT2D eigenvalue weighted by Gasteiger charge is 2.50. The number of nitrogens with one attached hydrogen (secondary N) is 2. The first-order valence-electron chi connectivity index (χ1n) is 11.4. The summed E-state index contributed by atoms with van der Waals surface area (Å²) in [5.41, 5.74) is 0.646. The number of para-hydroxylation sites is 1. The lowest BCUT2D eigenvalue weighted by Gasteiger charge is -2.25. The van der Waals surface area contributed by atoms with E-state index in [0.717, 1.165) is 34.3 Å². The number of rotatable bonds is 9. The minimum absolute atomic E-state index is 0.327. The minimum Gasteiger partial charge on any atom is -0.459 e. The number of fused-ring (bicyclic) bond motifs is 1. The van der Waals surface area contributed by atoms with Crippen LogP contribution in [0, 0.1) is 0 Å². The predicted octanol–water partition coefficient (Wildman–Crippen LogP) is 4.53. The summed E-state index contributed by atoms with van der Waals surface area (Å²) in [7, 11) is 0. The van der Waals surface area contributed by atoms with Crippen LogP contribution >= 0.6 is 0 Å². The van der Waals surface area contributed by atoms with E-state index in [0.29, 0.717) is 18.6 Å². The van der Waals surface area contributed by atoms with Gasteiger partial charge in [-0.25, -0.2) is 4.79 Å². The molecule has 4 amide bonds. The van der Waals surface area contributed by atoms with Gasteiger partial charge in [0, 0.05) is 5.39 Å². The van der Waals surface area contributed by atoms with Crippen molar-refractivity contribution in [1.82, 2.24) is 15.5 Å². The molecule has 0 spiro atoms. The van der Waals surface area contributed by atoms with Gasteiger partial charge in [0.2, 0.25) is 5.91 Å². The number of amides is 4. The Labute approximate surface area is 193 Å². The molecule has 1 aromatic heterocycles. The lowest BCUT2D eigenvalue weighted by atomic mass is 9.88. The van der Waals surface area contributed by atoms with Crippen molar-refractivity contribution in [3.05, 3.63) is 72.0 Å². The summed E-state index contributed by atoms with van der Waals surface area (Å²) in [6, 6.07) is 17.9. The Morgan fingerprint density at radius 2 is 1.70 bits per heavy atom. The van der Waals surface area contributed by atoms with E-state index in [1.165, 1.54) is 0 Å². The normalized spacial score (nSPS) is 16.1. The van der Waals surface area contributed by atoms with E-state index in [1.54, 1.807) is 0 Å². The fraction of sp³-hybridized carbons (Fsp3) is 0.346. The number of hydrogen-bond acceptors (Lipinski definition) is 4. The van der Waals surface area contributed by atoms with Gasteiger partial charge >= 0.3 is 6.03 Å². The second-order valence-electron chi connectivity index (χ2n) is 8.50. The number of carbonyl (C=O) groups is 3. The Morgan fingerprint density at radius 3 is 2.36 bits per heavy atom. The Balaban J connectivity index is 1.56. The molecule has 4 rings (SSSR count). The van der Waals surface area contributed by atoms with E-state index in [1.807, 2.05) is 74.5 Å². The molecule has 7 heteroatoms. The molecule has 0 bridgehead atoms. The quantitative estimate of drug-likeness (QED) is 0.472. The van der Waals surface area contributed by atoms with Crippen LogP contribution in [0.1, 0.15) is 56.9 Å². The van der Waals surface area contributed by atoms with E-state index < -0.39 is 23.5 Å².